The highest BCUT2D eigenvalue weighted by molar-refractivity contribution is 6.01. The van der Waals surface area contributed by atoms with Crippen molar-refractivity contribution < 1.29 is 23.4 Å². The Morgan fingerprint density at radius 2 is 1.73 bits per heavy atom. The SMILES string of the molecule is CCC.Cc1cc(-c2ccc(C(C)(C)O)cc2)ccc1N=C1CC(C)CC1NC(=O)c1cccc(OC(F)F)c1. The van der Waals surface area contributed by atoms with E-state index in [0.717, 1.165) is 46.5 Å². The van der Waals surface area contributed by atoms with Crippen molar-refractivity contribution in [2.75, 3.05) is 0 Å². The number of aryl methyl sites for hydroxylation is 1. The summed E-state index contributed by atoms with van der Waals surface area (Å²) in [4.78, 5) is 17.8. The first-order valence-electron chi connectivity index (χ1n) is 13.8. The molecule has 1 saturated carbocycles. The van der Waals surface area contributed by atoms with Gasteiger partial charge in [0.25, 0.3) is 5.91 Å². The first-order chi connectivity index (χ1) is 18.9. The van der Waals surface area contributed by atoms with Crippen LogP contribution in [-0.4, -0.2) is 29.4 Å². The zero-order valence-corrected chi connectivity index (χ0v) is 24.2. The zero-order chi connectivity index (χ0) is 29.4. The molecule has 1 aliphatic carbocycles. The smallest absolute Gasteiger partial charge is 0.387 e. The van der Waals surface area contributed by atoms with Crippen LogP contribution in [0.25, 0.3) is 11.1 Å². The summed E-state index contributed by atoms with van der Waals surface area (Å²) >= 11 is 0. The Morgan fingerprint density at radius 1 is 1.07 bits per heavy atom. The van der Waals surface area contributed by atoms with Crippen LogP contribution in [0.2, 0.25) is 0 Å². The number of rotatable bonds is 7. The Bertz CT molecular complexity index is 1310. The van der Waals surface area contributed by atoms with Crippen molar-refractivity contribution in [3.05, 3.63) is 83.4 Å². The summed E-state index contributed by atoms with van der Waals surface area (Å²) in [6.45, 7) is 8.95. The summed E-state index contributed by atoms with van der Waals surface area (Å²) in [5.41, 5.74) is 5.08. The quantitative estimate of drug-likeness (QED) is 0.311. The molecule has 0 bridgehead atoms. The maximum atomic E-state index is 12.9. The monoisotopic (exact) mass is 550 g/mol. The van der Waals surface area contributed by atoms with Crippen LogP contribution in [0.15, 0.2) is 71.7 Å². The molecule has 2 atom stereocenters. The van der Waals surface area contributed by atoms with E-state index in [9.17, 15) is 18.7 Å². The van der Waals surface area contributed by atoms with Gasteiger partial charge in [-0.15, -0.1) is 0 Å². The van der Waals surface area contributed by atoms with Gasteiger partial charge in [0.1, 0.15) is 5.75 Å². The van der Waals surface area contributed by atoms with Crippen molar-refractivity contribution in [1.82, 2.24) is 5.32 Å². The topological polar surface area (TPSA) is 70.9 Å². The van der Waals surface area contributed by atoms with Crippen LogP contribution in [0, 0.1) is 12.8 Å². The summed E-state index contributed by atoms with van der Waals surface area (Å²) in [6.07, 6.45) is 2.77. The maximum absolute atomic E-state index is 12.9. The molecule has 4 rings (SSSR count). The second-order valence-corrected chi connectivity index (χ2v) is 10.9. The number of nitrogens with one attached hydrogen (secondary N) is 1. The van der Waals surface area contributed by atoms with Gasteiger partial charge in [0.15, 0.2) is 0 Å². The molecule has 0 radical (unpaired) electrons. The average molecular weight is 551 g/mol. The first kappa shape index (κ1) is 31.0. The van der Waals surface area contributed by atoms with E-state index in [1.807, 2.05) is 43.3 Å². The molecular weight excluding hydrogens is 510 g/mol. The molecule has 0 aromatic heterocycles. The van der Waals surface area contributed by atoms with Crippen LogP contribution in [0.4, 0.5) is 14.5 Å². The van der Waals surface area contributed by atoms with Crippen molar-refractivity contribution in [2.24, 2.45) is 10.9 Å². The molecule has 2 unspecified atom stereocenters. The Morgan fingerprint density at radius 3 is 2.33 bits per heavy atom. The van der Waals surface area contributed by atoms with E-state index < -0.39 is 12.2 Å². The predicted molar refractivity (Wildman–Crippen MR) is 158 cm³/mol. The third-order valence-corrected chi connectivity index (χ3v) is 6.61. The number of aliphatic imine (C=N–C) groups is 1. The van der Waals surface area contributed by atoms with Crippen molar-refractivity contribution in [3.63, 3.8) is 0 Å². The Labute approximate surface area is 236 Å². The van der Waals surface area contributed by atoms with Gasteiger partial charge < -0.3 is 15.2 Å². The molecule has 2 N–H and O–H groups in total. The molecule has 40 heavy (non-hydrogen) atoms. The van der Waals surface area contributed by atoms with E-state index in [0.29, 0.717) is 5.92 Å². The van der Waals surface area contributed by atoms with Crippen LogP contribution in [-0.2, 0) is 5.60 Å². The molecule has 0 heterocycles. The summed E-state index contributed by atoms with van der Waals surface area (Å²) in [7, 11) is 0. The molecule has 0 aliphatic heterocycles. The highest BCUT2D eigenvalue weighted by Gasteiger charge is 2.30. The molecule has 1 fully saturated rings. The number of aliphatic hydroxyl groups is 1. The van der Waals surface area contributed by atoms with Gasteiger partial charge in [0.2, 0.25) is 0 Å². The second kappa shape index (κ2) is 13.7. The fraction of sp³-hybridized carbons (Fsp3) is 0.394. The highest BCUT2D eigenvalue weighted by Crippen LogP contribution is 2.31. The number of alkyl halides is 2. The molecule has 5 nitrogen and oxygen atoms in total. The fourth-order valence-corrected chi connectivity index (χ4v) is 4.63. The number of carbonyl (C=O) groups excluding carboxylic acids is 1. The molecule has 0 saturated heterocycles. The lowest BCUT2D eigenvalue weighted by Crippen LogP contribution is -2.37. The summed E-state index contributed by atoms with van der Waals surface area (Å²) in [5.74, 6) is -0.0544. The van der Waals surface area contributed by atoms with Crippen LogP contribution in [0.3, 0.4) is 0 Å². The highest BCUT2D eigenvalue weighted by atomic mass is 19.3. The molecule has 3 aromatic carbocycles. The number of nitrogens with zero attached hydrogens (tertiary/aromatic N) is 1. The summed E-state index contributed by atoms with van der Waals surface area (Å²) in [5, 5.41) is 13.2. The molecule has 1 amide bonds. The molecule has 214 valence electrons. The van der Waals surface area contributed by atoms with Gasteiger partial charge in [-0.3, -0.25) is 9.79 Å². The van der Waals surface area contributed by atoms with Gasteiger partial charge >= 0.3 is 6.61 Å². The van der Waals surface area contributed by atoms with Crippen LogP contribution in [0.1, 0.15) is 75.4 Å². The van der Waals surface area contributed by atoms with E-state index >= 15 is 0 Å². The van der Waals surface area contributed by atoms with E-state index in [1.165, 1.54) is 24.6 Å². The van der Waals surface area contributed by atoms with Crippen molar-refractivity contribution in [2.45, 2.75) is 79.1 Å². The third-order valence-electron chi connectivity index (χ3n) is 6.61. The minimum Gasteiger partial charge on any atom is -0.435 e. The van der Waals surface area contributed by atoms with Gasteiger partial charge in [-0.25, -0.2) is 0 Å². The normalized spacial score (nSPS) is 17.9. The lowest BCUT2D eigenvalue weighted by atomic mass is 9.95. The lowest BCUT2D eigenvalue weighted by molar-refractivity contribution is -0.0498. The Hall–Kier alpha value is -3.58. The average Bonchev–Trinajstić information content (AvgIpc) is 3.23. The second-order valence-electron chi connectivity index (χ2n) is 10.9. The van der Waals surface area contributed by atoms with Crippen molar-refractivity contribution in [1.29, 1.82) is 0 Å². The van der Waals surface area contributed by atoms with Crippen LogP contribution in [0.5, 0.6) is 5.75 Å². The Kier molecular flexibility index (Phi) is 10.6. The number of hydrogen-bond acceptors (Lipinski definition) is 4. The van der Waals surface area contributed by atoms with Gasteiger partial charge in [-0.1, -0.05) is 63.6 Å². The minimum absolute atomic E-state index is 0.0539. The van der Waals surface area contributed by atoms with Gasteiger partial charge in [0, 0.05) is 11.3 Å². The maximum Gasteiger partial charge on any atom is 0.387 e. The van der Waals surface area contributed by atoms with Crippen LogP contribution >= 0.6 is 0 Å². The number of halogens is 2. The summed E-state index contributed by atoms with van der Waals surface area (Å²) < 4.78 is 29.5. The molecule has 1 aliphatic rings. The Balaban J connectivity index is 0.00000141. The largest absolute Gasteiger partial charge is 0.435 e. The number of carbonyl (C=O) groups is 1. The van der Waals surface area contributed by atoms with Crippen molar-refractivity contribution in [3.8, 4) is 16.9 Å². The molecule has 3 aromatic rings. The van der Waals surface area contributed by atoms with E-state index in [2.05, 4.69) is 36.9 Å². The predicted octanol–water partition coefficient (Wildman–Crippen LogP) is 8.21. The zero-order valence-electron chi connectivity index (χ0n) is 24.2. The van der Waals surface area contributed by atoms with Gasteiger partial charge in [-0.2, -0.15) is 8.78 Å². The van der Waals surface area contributed by atoms with Gasteiger partial charge in [0.05, 0.1) is 17.3 Å². The number of amides is 1. The van der Waals surface area contributed by atoms with Crippen LogP contribution < -0.4 is 10.1 Å². The molecular formula is C33H40F2N2O3. The number of ether oxygens (including phenoxy) is 1. The lowest BCUT2D eigenvalue weighted by Gasteiger charge is -2.18. The minimum atomic E-state index is -2.95. The summed E-state index contributed by atoms with van der Waals surface area (Å²) in [6, 6.07) is 19.5. The third kappa shape index (κ3) is 8.46. The van der Waals surface area contributed by atoms with E-state index in [-0.39, 0.29) is 23.3 Å². The number of hydrogen-bond donors (Lipinski definition) is 2. The van der Waals surface area contributed by atoms with E-state index in [4.69, 9.17) is 4.99 Å². The van der Waals surface area contributed by atoms with E-state index in [1.54, 1.807) is 19.9 Å². The van der Waals surface area contributed by atoms with Gasteiger partial charge in [-0.05, 0) is 92.1 Å². The number of benzene rings is 3. The van der Waals surface area contributed by atoms with Crippen molar-refractivity contribution >= 4 is 17.3 Å². The molecule has 7 heteroatoms. The standard InChI is InChI=1S/C30H32F2N2O3.C3H8/c1-18-14-26(27(15-18)34-28(35)22-6-5-7-24(17-22)37-29(31)32)33-25-13-10-21(16-19(25)2)20-8-11-23(12-9-20)30(3,4)36;1-3-2/h5-13,16-18,27,29,36H,14-15H2,1-4H3,(H,34,35);3H2,1-2H3. The first-order valence-corrected chi connectivity index (χ1v) is 13.8. The molecule has 0 spiro atoms. The fourth-order valence-electron chi connectivity index (χ4n) is 4.63.